The lowest BCUT2D eigenvalue weighted by Crippen LogP contribution is -2.47. The van der Waals surface area contributed by atoms with Gasteiger partial charge in [-0.15, -0.1) is 0 Å². The number of anilines is 1. The zero-order valence-corrected chi connectivity index (χ0v) is 18.1. The van der Waals surface area contributed by atoms with E-state index in [0.717, 1.165) is 31.1 Å². The minimum Gasteiger partial charge on any atom is -0.475 e. The van der Waals surface area contributed by atoms with E-state index < -0.39 is 21.3 Å². The molecule has 0 unspecified atom stereocenters. The summed E-state index contributed by atoms with van der Waals surface area (Å²) >= 11 is 0. The van der Waals surface area contributed by atoms with Gasteiger partial charge in [0.2, 0.25) is 0 Å². The Hall–Kier alpha value is -2.61. The molecule has 0 bridgehead atoms. The van der Waals surface area contributed by atoms with Gasteiger partial charge in [0, 0.05) is 25.1 Å². The van der Waals surface area contributed by atoms with E-state index in [0.29, 0.717) is 11.1 Å². The molecule has 0 atom stereocenters. The quantitative estimate of drug-likeness (QED) is 0.806. The molecule has 1 aromatic heterocycles. The van der Waals surface area contributed by atoms with Crippen LogP contribution in [0.15, 0.2) is 34.1 Å². The molecule has 29 heavy (non-hydrogen) atoms. The van der Waals surface area contributed by atoms with E-state index >= 15 is 0 Å². The van der Waals surface area contributed by atoms with Crippen molar-refractivity contribution in [2.24, 2.45) is 7.05 Å². The van der Waals surface area contributed by atoms with Gasteiger partial charge in [0.15, 0.2) is 26.9 Å². The van der Waals surface area contributed by atoms with Gasteiger partial charge in [0.1, 0.15) is 0 Å². The van der Waals surface area contributed by atoms with Gasteiger partial charge in [-0.05, 0) is 49.9 Å². The molecule has 1 amide bonds. The third-order valence-corrected chi connectivity index (χ3v) is 6.18. The van der Waals surface area contributed by atoms with Gasteiger partial charge in [-0.1, -0.05) is 19.4 Å². The first-order chi connectivity index (χ1) is 13.5. The summed E-state index contributed by atoms with van der Waals surface area (Å²) in [5.74, 6) is -0.142. The van der Waals surface area contributed by atoms with E-state index in [1.54, 1.807) is 39.2 Å². The Labute approximate surface area is 170 Å². The summed E-state index contributed by atoms with van der Waals surface area (Å²) in [6.45, 7) is 5.33. The predicted octanol–water partition coefficient (Wildman–Crippen LogP) is 2.91. The molecule has 0 spiro atoms. The third kappa shape index (κ3) is 3.94. The standard InChI is InChI=1S/C21H26N2O5S/c1-6-7-8-13-9-10-14(29(5,26)27)11-15(13)16-12-23(4)19(24)17-18(16)28-21(2,3)20(25)22-17/h9-12H,6-8H2,1-5H3,(H,22,25). The minimum atomic E-state index is -3.42. The van der Waals surface area contributed by atoms with Crippen LogP contribution in [0.5, 0.6) is 5.75 Å². The molecule has 0 saturated heterocycles. The second kappa shape index (κ2) is 7.33. The monoisotopic (exact) mass is 418 g/mol. The Morgan fingerprint density at radius 3 is 2.48 bits per heavy atom. The molecule has 156 valence electrons. The van der Waals surface area contributed by atoms with Gasteiger partial charge in [-0.25, -0.2) is 8.42 Å². The van der Waals surface area contributed by atoms with Crippen molar-refractivity contribution in [2.75, 3.05) is 11.6 Å². The van der Waals surface area contributed by atoms with Crippen molar-refractivity contribution >= 4 is 21.4 Å². The molecule has 0 aliphatic carbocycles. The molecule has 0 fully saturated rings. The number of aromatic nitrogens is 1. The van der Waals surface area contributed by atoms with E-state index in [-0.39, 0.29) is 21.9 Å². The Kier molecular flexibility index (Phi) is 5.34. The number of carbonyl (C=O) groups excluding carboxylic acids is 1. The van der Waals surface area contributed by atoms with Crippen LogP contribution in [0.2, 0.25) is 0 Å². The number of hydrogen-bond acceptors (Lipinski definition) is 5. The van der Waals surface area contributed by atoms with Crippen LogP contribution in [0.1, 0.15) is 39.2 Å². The summed E-state index contributed by atoms with van der Waals surface area (Å²) < 4.78 is 31.6. The number of pyridine rings is 1. The summed E-state index contributed by atoms with van der Waals surface area (Å²) in [4.78, 5) is 25.1. The summed E-state index contributed by atoms with van der Waals surface area (Å²) in [6, 6.07) is 5.03. The number of aryl methyl sites for hydroxylation is 2. The maximum absolute atomic E-state index is 12.6. The van der Waals surface area contributed by atoms with E-state index in [4.69, 9.17) is 4.74 Å². The highest BCUT2D eigenvalue weighted by Gasteiger charge is 2.38. The lowest BCUT2D eigenvalue weighted by atomic mass is 9.95. The summed E-state index contributed by atoms with van der Waals surface area (Å²) in [5, 5.41) is 2.66. The average Bonchev–Trinajstić information content (AvgIpc) is 2.63. The van der Waals surface area contributed by atoms with Gasteiger partial charge < -0.3 is 14.6 Å². The van der Waals surface area contributed by atoms with Crippen molar-refractivity contribution in [1.82, 2.24) is 4.57 Å². The molecule has 0 saturated carbocycles. The highest BCUT2D eigenvalue weighted by Crippen LogP contribution is 2.41. The molecular formula is C21H26N2O5S. The third-order valence-electron chi connectivity index (χ3n) is 5.07. The van der Waals surface area contributed by atoms with Crippen LogP contribution in [-0.2, 0) is 28.1 Å². The summed E-state index contributed by atoms with van der Waals surface area (Å²) in [7, 11) is -1.83. The predicted molar refractivity (Wildman–Crippen MR) is 112 cm³/mol. The first kappa shape index (κ1) is 21.1. The van der Waals surface area contributed by atoms with Crippen molar-refractivity contribution in [3.8, 4) is 16.9 Å². The number of hydrogen-bond donors (Lipinski definition) is 1. The molecule has 1 N–H and O–H groups in total. The average molecular weight is 419 g/mol. The number of unbranched alkanes of at least 4 members (excludes halogenated alkanes) is 1. The van der Waals surface area contributed by atoms with Gasteiger partial charge >= 0.3 is 0 Å². The summed E-state index contributed by atoms with van der Waals surface area (Å²) in [5.41, 5.74) is 0.736. The number of rotatable bonds is 5. The lowest BCUT2D eigenvalue weighted by molar-refractivity contribution is -0.129. The highest BCUT2D eigenvalue weighted by molar-refractivity contribution is 7.90. The fraction of sp³-hybridized carbons (Fsp3) is 0.429. The number of sulfone groups is 1. The number of nitrogens with one attached hydrogen (secondary N) is 1. The second-order valence-corrected chi connectivity index (χ2v) is 9.94. The Balaban J connectivity index is 2.33. The van der Waals surface area contributed by atoms with Gasteiger partial charge in [-0.3, -0.25) is 9.59 Å². The number of fused-ring (bicyclic) bond motifs is 1. The molecular weight excluding hydrogens is 392 g/mol. The fourth-order valence-electron chi connectivity index (χ4n) is 3.31. The van der Waals surface area contributed by atoms with E-state index in [2.05, 4.69) is 12.2 Å². The molecule has 0 radical (unpaired) electrons. The van der Waals surface area contributed by atoms with Crippen LogP contribution in [0.25, 0.3) is 11.1 Å². The molecule has 2 aromatic rings. The molecule has 1 aliphatic rings. The molecule has 1 aromatic carbocycles. The van der Waals surface area contributed by atoms with Crippen molar-refractivity contribution in [2.45, 2.75) is 50.5 Å². The summed E-state index contributed by atoms with van der Waals surface area (Å²) in [6.07, 6.45) is 5.46. The Morgan fingerprint density at radius 2 is 1.86 bits per heavy atom. The van der Waals surface area contributed by atoms with Crippen LogP contribution in [-0.4, -0.2) is 30.7 Å². The fourth-order valence-corrected chi connectivity index (χ4v) is 3.96. The molecule has 2 heterocycles. The van der Waals surface area contributed by atoms with Crippen molar-refractivity contribution < 1.29 is 17.9 Å². The number of benzene rings is 1. The first-order valence-corrected chi connectivity index (χ1v) is 11.4. The second-order valence-electron chi connectivity index (χ2n) is 7.92. The van der Waals surface area contributed by atoms with Crippen molar-refractivity contribution in [1.29, 1.82) is 0 Å². The number of carbonyl (C=O) groups is 1. The van der Waals surface area contributed by atoms with Gasteiger partial charge in [-0.2, -0.15) is 0 Å². The molecule has 3 rings (SSSR count). The van der Waals surface area contributed by atoms with E-state index in [1.807, 2.05) is 6.07 Å². The first-order valence-electron chi connectivity index (χ1n) is 9.53. The van der Waals surface area contributed by atoms with Crippen LogP contribution >= 0.6 is 0 Å². The van der Waals surface area contributed by atoms with E-state index in [9.17, 15) is 18.0 Å². The highest BCUT2D eigenvalue weighted by atomic mass is 32.2. The lowest BCUT2D eigenvalue weighted by Gasteiger charge is -2.33. The molecule has 1 aliphatic heterocycles. The number of ether oxygens (including phenoxy) is 1. The van der Waals surface area contributed by atoms with Crippen LogP contribution in [0.3, 0.4) is 0 Å². The Bertz CT molecular complexity index is 1150. The largest absolute Gasteiger partial charge is 0.475 e. The topological polar surface area (TPSA) is 94.5 Å². The maximum atomic E-state index is 12.6. The smallest absolute Gasteiger partial charge is 0.277 e. The number of nitrogens with zero attached hydrogens (tertiary/aromatic N) is 1. The molecule has 7 nitrogen and oxygen atoms in total. The van der Waals surface area contributed by atoms with E-state index in [1.165, 1.54) is 4.57 Å². The molecule has 8 heteroatoms. The maximum Gasteiger partial charge on any atom is 0.277 e. The SMILES string of the molecule is CCCCc1ccc(S(C)(=O)=O)cc1-c1cn(C)c(=O)c2c1OC(C)(C)C(=O)N2. The zero-order valence-electron chi connectivity index (χ0n) is 17.3. The van der Waals surface area contributed by atoms with Crippen LogP contribution < -0.4 is 15.6 Å². The normalized spacial score (nSPS) is 15.4. The van der Waals surface area contributed by atoms with Crippen molar-refractivity contribution in [3.63, 3.8) is 0 Å². The minimum absolute atomic E-state index is 0.0699. The number of amides is 1. The zero-order chi connectivity index (χ0) is 21.6. The van der Waals surface area contributed by atoms with Crippen LogP contribution in [0.4, 0.5) is 5.69 Å². The van der Waals surface area contributed by atoms with Gasteiger partial charge in [0.25, 0.3) is 11.5 Å². The Morgan fingerprint density at radius 1 is 1.17 bits per heavy atom. The van der Waals surface area contributed by atoms with Crippen LogP contribution in [0, 0.1) is 0 Å². The van der Waals surface area contributed by atoms with Crippen molar-refractivity contribution in [3.05, 3.63) is 40.3 Å². The van der Waals surface area contributed by atoms with Gasteiger partial charge in [0.05, 0.1) is 4.90 Å².